The van der Waals surface area contributed by atoms with E-state index >= 15 is 0 Å². The van der Waals surface area contributed by atoms with Crippen LogP contribution in [0.25, 0.3) is 0 Å². The topological polar surface area (TPSA) is 95.1 Å². The van der Waals surface area contributed by atoms with E-state index in [0.717, 1.165) is 37.2 Å². The van der Waals surface area contributed by atoms with E-state index in [1.165, 1.54) is 18.4 Å². The van der Waals surface area contributed by atoms with Gasteiger partial charge in [-0.2, -0.15) is 0 Å². The third kappa shape index (κ3) is 4.20. The number of anilines is 2. The van der Waals surface area contributed by atoms with Gasteiger partial charge in [0.2, 0.25) is 5.91 Å². The summed E-state index contributed by atoms with van der Waals surface area (Å²) in [5.74, 6) is 0.0735. The highest BCUT2D eigenvalue weighted by molar-refractivity contribution is 7.14. The number of hydrogen-bond acceptors (Lipinski definition) is 6. The molecule has 3 aliphatic rings. The van der Waals surface area contributed by atoms with Gasteiger partial charge in [0.25, 0.3) is 0 Å². The van der Waals surface area contributed by atoms with Crippen LogP contribution in [0.5, 0.6) is 0 Å². The number of rotatable bonds is 3. The Morgan fingerprint density at radius 2 is 1.97 bits per heavy atom. The zero-order valence-corrected chi connectivity index (χ0v) is 20.5. The molecule has 0 aliphatic carbocycles. The van der Waals surface area contributed by atoms with E-state index in [0.29, 0.717) is 41.9 Å². The largest absolute Gasteiger partial charge is 0.453 e. The predicted molar refractivity (Wildman–Crippen MR) is 130 cm³/mol. The number of nitrogens with one attached hydrogen (secondary N) is 1. The SMILES string of the molecule is COC(=O)N1CCC2(C1)CN(C(=O)Nc1nc(CC(=O)N3CCCC3)cs1)c1ccc(Cl)cc12. The van der Waals surface area contributed by atoms with Gasteiger partial charge in [0.05, 0.1) is 19.2 Å². The lowest BCUT2D eigenvalue weighted by atomic mass is 9.81. The van der Waals surface area contributed by atoms with Crippen LogP contribution in [0, 0.1) is 0 Å². The van der Waals surface area contributed by atoms with Crippen LogP contribution in [0.15, 0.2) is 23.6 Å². The first-order valence-corrected chi connectivity index (χ1v) is 12.6. The van der Waals surface area contributed by atoms with Gasteiger partial charge in [-0.3, -0.25) is 15.0 Å². The Bertz CT molecular complexity index is 1130. The standard InChI is InChI=1S/C23H26ClN5O4S/c1-33-22(32)28-9-6-23(13-28)14-29(18-5-4-15(24)10-17(18)23)21(31)26-20-25-16(12-34-20)11-19(30)27-7-2-3-8-27/h4-5,10,12H,2-3,6-9,11,13-14H2,1H3,(H,25,26,31). The van der Waals surface area contributed by atoms with Crippen molar-refractivity contribution in [3.63, 3.8) is 0 Å². The van der Waals surface area contributed by atoms with E-state index in [1.54, 1.807) is 15.9 Å². The van der Waals surface area contributed by atoms with Gasteiger partial charge >= 0.3 is 12.1 Å². The lowest BCUT2D eigenvalue weighted by Crippen LogP contribution is -2.41. The molecule has 1 aromatic carbocycles. The summed E-state index contributed by atoms with van der Waals surface area (Å²) < 4.78 is 4.90. The number of likely N-dealkylation sites (tertiary alicyclic amines) is 2. The molecule has 11 heteroatoms. The molecule has 1 unspecified atom stereocenters. The molecule has 1 N–H and O–H groups in total. The molecule has 1 aromatic heterocycles. The highest BCUT2D eigenvalue weighted by atomic mass is 35.5. The van der Waals surface area contributed by atoms with Crippen molar-refractivity contribution < 1.29 is 19.1 Å². The van der Waals surface area contributed by atoms with Gasteiger partial charge in [0.1, 0.15) is 0 Å². The van der Waals surface area contributed by atoms with Crippen LogP contribution in [0.1, 0.15) is 30.5 Å². The maximum atomic E-state index is 13.3. The summed E-state index contributed by atoms with van der Waals surface area (Å²) in [6.07, 6.45) is 2.67. The van der Waals surface area contributed by atoms with Crippen molar-refractivity contribution in [2.24, 2.45) is 0 Å². The predicted octanol–water partition coefficient (Wildman–Crippen LogP) is 3.72. The summed E-state index contributed by atoms with van der Waals surface area (Å²) in [6.45, 7) is 3.04. The molecule has 0 saturated carbocycles. The molecule has 9 nitrogen and oxygen atoms in total. The highest BCUT2D eigenvalue weighted by Crippen LogP contribution is 2.47. The Balaban J connectivity index is 1.31. The molecule has 0 bridgehead atoms. The fourth-order valence-corrected chi connectivity index (χ4v) is 6.04. The van der Waals surface area contributed by atoms with Crippen molar-refractivity contribution >= 4 is 51.8 Å². The highest BCUT2D eigenvalue weighted by Gasteiger charge is 2.50. The first-order valence-electron chi connectivity index (χ1n) is 11.3. The van der Waals surface area contributed by atoms with Gasteiger partial charge in [-0.1, -0.05) is 11.6 Å². The zero-order valence-electron chi connectivity index (χ0n) is 18.9. The van der Waals surface area contributed by atoms with Gasteiger partial charge in [-0.15, -0.1) is 11.3 Å². The molecular formula is C23H26ClN5O4S. The van der Waals surface area contributed by atoms with Crippen molar-refractivity contribution in [1.29, 1.82) is 0 Å². The Morgan fingerprint density at radius 3 is 2.74 bits per heavy atom. The molecule has 0 radical (unpaired) electrons. The quantitative estimate of drug-likeness (QED) is 0.688. The van der Waals surface area contributed by atoms with Crippen LogP contribution >= 0.6 is 22.9 Å². The molecule has 1 spiro atoms. The van der Waals surface area contributed by atoms with Crippen molar-refractivity contribution in [2.75, 3.05) is 50.1 Å². The molecule has 2 aromatic rings. The second kappa shape index (κ2) is 9.07. The molecule has 4 amide bonds. The number of amides is 4. The minimum absolute atomic E-state index is 0.0735. The summed E-state index contributed by atoms with van der Waals surface area (Å²) in [6, 6.07) is 5.19. The van der Waals surface area contributed by atoms with Crippen LogP contribution < -0.4 is 10.2 Å². The van der Waals surface area contributed by atoms with Gasteiger partial charge in [-0.05, 0) is 43.0 Å². The van der Waals surface area contributed by atoms with Crippen molar-refractivity contribution in [1.82, 2.24) is 14.8 Å². The average molecular weight is 504 g/mol. The summed E-state index contributed by atoms with van der Waals surface area (Å²) in [4.78, 5) is 47.5. The summed E-state index contributed by atoms with van der Waals surface area (Å²) >= 11 is 7.60. The number of benzene rings is 1. The zero-order chi connectivity index (χ0) is 23.9. The van der Waals surface area contributed by atoms with Crippen molar-refractivity contribution in [3.8, 4) is 0 Å². The number of urea groups is 1. The van der Waals surface area contributed by atoms with Crippen LogP contribution in [-0.4, -0.2) is 72.6 Å². The minimum atomic E-state index is -0.401. The molecule has 5 rings (SSSR count). The minimum Gasteiger partial charge on any atom is -0.453 e. The second-order valence-corrected chi connectivity index (χ2v) is 10.3. The third-order valence-corrected chi connectivity index (χ3v) is 7.91. The number of methoxy groups -OCH3 is 1. The second-order valence-electron chi connectivity index (χ2n) is 9.01. The van der Waals surface area contributed by atoms with E-state index in [2.05, 4.69) is 10.3 Å². The number of carbonyl (C=O) groups excluding carboxylic acids is 3. The summed E-state index contributed by atoms with van der Waals surface area (Å²) in [5.41, 5.74) is 1.99. The lowest BCUT2D eigenvalue weighted by molar-refractivity contribution is -0.129. The molecule has 2 saturated heterocycles. The first kappa shape index (κ1) is 22.9. The smallest absolute Gasteiger partial charge is 0.409 e. The fourth-order valence-electron chi connectivity index (χ4n) is 5.17. The molecular weight excluding hydrogens is 478 g/mol. The maximum Gasteiger partial charge on any atom is 0.409 e. The van der Waals surface area contributed by atoms with Crippen LogP contribution in [0.4, 0.5) is 20.4 Å². The number of halogens is 1. The number of ether oxygens (including phenoxy) is 1. The summed E-state index contributed by atoms with van der Waals surface area (Å²) in [5, 5.41) is 5.74. The molecule has 2 fully saturated rings. The Kier molecular flexibility index (Phi) is 6.11. The van der Waals surface area contributed by atoms with Crippen LogP contribution in [0.3, 0.4) is 0 Å². The van der Waals surface area contributed by atoms with Crippen LogP contribution in [-0.2, 0) is 21.4 Å². The number of aromatic nitrogens is 1. The molecule has 4 heterocycles. The maximum absolute atomic E-state index is 13.3. The Labute approximate surface area is 206 Å². The number of thiazole rings is 1. The molecule has 34 heavy (non-hydrogen) atoms. The molecule has 3 aliphatic heterocycles. The molecule has 180 valence electrons. The summed E-state index contributed by atoms with van der Waals surface area (Å²) in [7, 11) is 1.37. The third-order valence-electron chi connectivity index (χ3n) is 6.87. The fraction of sp³-hybridized carbons (Fsp3) is 0.478. The van der Waals surface area contributed by atoms with E-state index in [1.807, 2.05) is 22.4 Å². The molecule has 1 atom stereocenters. The van der Waals surface area contributed by atoms with E-state index in [4.69, 9.17) is 16.3 Å². The van der Waals surface area contributed by atoms with Gasteiger partial charge in [-0.25, -0.2) is 14.6 Å². The van der Waals surface area contributed by atoms with Gasteiger partial charge in [0, 0.05) is 54.2 Å². The number of fused-ring (bicyclic) bond motifs is 2. The van der Waals surface area contributed by atoms with E-state index in [-0.39, 0.29) is 24.5 Å². The number of hydrogen-bond donors (Lipinski definition) is 1. The Morgan fingerprint density at radius 1 is 1.18 bits per heavy atom. The number of nitrogens with zero attached hydrogens (tertiary/aromatic N) is 4. The van der Waals surface area contributed by atoms with Crippen LogP contribution in [0.2, 0.25) is 5.02 Å². The van der Waals surface area contributed by atoms with Crippen molar-refractivity contribution in [2.45, 2.75) is 31.1 Å². The van der Waals surface area contributed by atoms with E-state index in [9.17, 15) is 14.4 Å². The lowest BCUT2D eigenvalue weighted by Gasteiger charge is -2.25. The van der Waals surface area contributed by atoms with Gasteiger partial charge < -0.3 is 14.5 Å². The monoisotopic (exact) mass is 503 g/mol. The normalized spacial score (nSPS) is 21.3. The van der Waals surface area contributed by atoms with Gasteiger partial charge in [0.15, 0.2) is 5.13 Å². The van der Waals surface area contributed by atoms with E-state index < -0.39 is 5.41 Å². The van der Waals surface area contributed by atoms with Crippen molar-refractivity contribution in [3.05, 3.63) is 39.9 Å². The first-order chi connectivity index (χ1) is 16.4. The average Bonchev–Trinajstić information content (AvgIpc) is 3.62. The Hall–Kier alpha value is -2.85. The number of carbonyl (C=O) groups is 3.